The van der Waals surface area contributed by atoms with Gasteiger partial charge < -0.3 is 9.52 Å². The maximum Gasteiger partial charge on any atom is 0.371 e. The molecule has 0 aromatic carbocycles. The van der Waals surface area contributed by atoms with Crippen molar-refractivity contribution in [2.24, 2.45) is 14.1 Å². The van der Waals surface area contributed by atoms with Crippen molar-refractivity contribution in [2.45, 2.75) is 10.8 Å². The van der Waals surface area contributed by atoms with Gasteiger partial charge in [0, 0.05) is 31.6 Å². The summed E-state index contributed by atoms with van der Waals surface area (Å²) in [6.07, 6.45) is 0. The predicted molar refractivity (Wildman–Crippen MR) is 72.2 cm³/mol. The summed E-state index contributed by atoms with van der Waals surface area (Å²) in [7, 11) is 2.98. The Kier molecular flexibility index (Phi) is 3.84. The predicted octanol–water partition coefficient (Wildman–Crippen LogP) is 0.667. The fourth-order valence-corrected chi connectivity index (χ4v) is 2.45. The van der Waals surface area contributed by atoms with Gasteiger partial charge in [0.2, 0.25) is 5.76 Å². The lowest BCUT2D eigenvalue weighted by molar-refractivity contribution is 0.0656. The lowest BCUT2D eigenvalue weighted by Crippen LogP contribution is -2.37. The van der Waals surface area contributed by atoms with E-state index in [-0.39, 0.29) is 11.3 Å². The van der Waals surface area contributed by atoms with E-state index in [1.54, 1.807) is 7.05 Å². The van der Waals surface area contributed by atoms with E-state index < -0.39 is 11.7 Å². The van der Waals surface area contributed by atoms with E-state index in [0.717, 1.165) is 4.57 Å². The monoisotopic (exact) mass is 296 g/mol. The maximum atomic E-state index is 11.7. The van der Waals surface area contributed by atoms with Gasteiger partial charge in [-0.15, -0.1) is 0 Å². The number of aromatic carboxylic acids is 1. The molecule has 106 valence electrons. The summed E-state index contributed by atoms with van der Waals surface area (Å²) in [5.74, 6) is -0.961. The second-order valence-corrected chi connectivity index (χ2v) is 5.07. The zero-order valence-electron chi connectivity index (χ0n) is 10.8. The van der Waals surface area contributed by atoms with Crippen molar-refractivity contribution >= 4 is 17.7 Å². The maximum absolute atomic E-state index is 11.7. The highest BCUT2D eigenvalue weighted by molar-refractivity contribution is 7.98. The van der Waals surface area contributed by atoms with Crippen LogP contribution < -0.4 is 11.2 Å². The van der Waals surface area contributed by atoms with E-state index in [1.165, 1.54) is 41.6 Å². The normalized spacial score (nSPS) is 10.7. The summed E-state index contributed by atoms with van der Waals surface area (Å²) in [4.78, 5) is 34.0. The van der Waals surface area contributed by atoms with Crippen LogP contribution in [0.4, 0.5) is 0 Å². The molecule has 0 amide bonds. The van der Waals surface area contributed by atoms with Crippen LogP contribution >= 0.6 is 11.8 Å². The highest BCUT2D eigenvalue weighted by Gasteiger charge is 2.11. The summed E-state index contributed by atoms with van der Waals surface area (Å²) in [6, 6.07) is 4.26. The summed E-state index contributed by atoms with van der Waals surface area (Å²) >= 11 is 1.21. The van der Waals surface area contributed by atoms with Crippen LogP contribution in [0.15, 0.2) is 37.3 Å². The molecule has 1 N–H and O–H groups in total. The summed E-state index contributed by atoms with van der Waals surface area (Å²) in [6.45, 7) is 0. The molecule has 7 nitrogen and oxygen atoms in total. The molecule has 0 saturated heterocycles. The van der Waals surface area contributed by atoms with Crippen LogP contribution in [-0.4, -0.2) is 20.2 Å². The van der Waals surface area contributed by atoms with Crippen molar-refractivity contribution in [1.29, 1.82) is 0 Å². The Hall–Kier alpha value is -2.22. The molecule has 0 atom stereocenters. The second kappa shape index (κ2) is 5.41. The quantitative estimate of drug-likeness (QED) is 0.833. The highest BCUT2D eigenvalue weighted by Crippen LogP contribution is 2.24. The summed E-state index contributed by atoms with van der Waals surface area (Å²) < 4.78 is 7.47. The number of nitrogens with zero attached hydrogens (tertiary/aromatic N) is 2. The van der Waals surface area contributed by atoms with Crippen LogP contribution in [0.2, 0.25) is 0 Å². The number of carbonyl (C=O) groups is 1. The zero-order valence-corrected chi connectivity index (χ0v) is 11.6. The average molecular weight is 296 g/mol. The first kappa shape index (κ1) is 14.2. The molecule has 20 heavy (non-hydrogen) atoms. The number of aromatic nitrogens is 2. The lowest BCUT2D eigenvalue weighted by Gasteiger charge is -2.07. The molecule has 0 aliphatic carbocycles. The van der Waals surface area contributed by atoms with E-state index in [0.29, 0.717) is 16.5 Å². The third-order valence-electron chi connectivity index (χ3n) is 2.78. The van der Waals surface area contributed by atoms with Crippen molar-refractivity contribution < 1.29 is 14.3 Å². The molecule has 0 saturated carbocycles. The molecule has 8 heteroatoms. The van der Waals surface area contributed by atoms with Crippen LogP contribution in [0, 0.1) is 0 Å². The number of carboxylic acid groups (broad SMARTS) is 1. The van der Waals surface area contributed by atoms with Gasteiger partial charge in [0.05, 0.1) is 0 Å². The smallest absolute Gasteiger partial charge is 0.371 e. The number of hydrogen-bond acceptors (Lipinski definition) is 5. The molecule has 0 bridgehead atoms. The molecule has 0 aliphatic rings. The molecular formula is C12H12N2O5S. The fourth-order valence-electron chi connectivity index (χ4n) is 1.57. The number of hydrogen-bond donors (Lipinski definition) is 1. The third kappa shape index (κ3) is 2.69. The Morgan fingerprint density at radius 3 is 2.60 bits per heavy atom. The van der Waals surface area contributed by atoms with Crippen molar-refractivity contribution in [3.8, 4) is 0 Å². The van der Waals surface area contributed by atoms with Crippen molar-refractivity contribution in [3.05, 3.63) is 50.5 Å². The van der Waals surface area contributed by atoms with Crippen LogP contribution in [0.3, 0.4) is 0 Å². The van der Waals surface area contributed by atoms with Gasteiger partial charge in [-0.1, -0.05) is 11.8 Å². The molecule has 0 spiro atoms. The Balaban J connectivity index is 2.21. The zero-order chi connectivity index (χ0) is 14.9. The second-order valence-electron chi connectivity index (χ2n) is 4.09. The van der Waals surface area contributed by atoms with E-state index in [1.807, 2.05) is 0 Å². The van der Waals surface area contributed by atoms with Crippen LogP contribution in [0.5, 0.6) is 0 Å². The van der Waals surface area contributed by atoms with Crippen molar-refractivity contribution in [2.75, 3.05) is 0 Å². The van der Waals surface area contributed by atoms with E-state index >= 15 is 0 Å². The Bertz CT molecular complexity index is 771. The first-order valence-corrected chi connectivity index (χ1v) is 6.60. The molecule has 2 rings (SSSR count). The topological polar surface area (TPSA) is 94.4 Å². The van der Waals surface area contributed by atoms with E-state index in [4.69, 9.17) is 9.52 Å². The minimum absolute atomic E-state index is 0.148. The SMILES string of the molecule is Cn1c(CSc2ccc(C(=O)O)o2)cc(=O)n(C)c1=O. The molecule has 0 unspecified atom stereocenters. The van der Waals surface area contributed by atoms with Crippen LogP contribution in [0.25, 0.3) is 0 Å². The molecule has 2 aromatic heterocycles. The first-order valence-electron chi connectivity index (χ1n) is 5.62. The van der Waals surface area contributed by atoms with Crippen LogP contribution in [0.1, 0.15) is 16.2 Å². The number of carboxylic acids is 1. The summed E-state index contributed by atoms with van der Waals surface area (Å²) in [5, 5.41) is 9.15. The Morgan fingerprint density at radius 1 is 1.30 bits per heavy atom. The molecule has 0 fully saturated rings. The summed E-state index contributed by atoms with van der Waals surface area (Å²) in [5.41, 5.74) is -0.246. The van der Waals surface area contributed by atoms with Gasteiger partial charge in [0.1, 0.15) is 0 Å². The van der Waals surface area contributed by atoms with Gasteiger partial charge in [0.15, 0.2) is 5.09 Å². The van der Waals surface area contributed by atoms with Gasteiger partial charge >= 0.3 is 11.7 Å². The standard InChI is InChI=1S/C12H12N2O5S/c1-13-7(5-9(15)14(2)12(13)18)6-20-10-4-3-8(19-10)11(16)17/h3-5H,6H2,1-2H3,(H,16,17). The minimum atomic E-state index is -1.14. The number of thioether (sulfide) groups is 1. The van der Waals surface area contributed by atoms with E-state index in [2.05, 4.69) is 0 Å². The van der Waals surface area contributed by atoms with Crippen molar-refractivity contribution in [3.63, 3.8) is 0 Å². The van der Waals surface area contributed by atoms with E-state index in [9.17, 15) is 14.4 Å². The molecule has 2 aromatic rings. The minimum Gasteiger partial charge on any atom is -0.475 e. The third-order valence-corrected chi connectivity index (χ3v) is 3.72. The van der Waals surface area contributed by atoms with Gasteiger partial charge in [0.25, 0.3) is 5.56 Å². The van der Waals surface area contributed by atoms with Crippen molar-refractivity contribution in [1.82, 2.24) is 9.13 Å². The van der Waals surface area contributed by atoms with Gasteiger partial charge in [-0.05, 0) is 12.1 Å². The lowest BCUT2D eigenvalue weighted by atomic mass is 10.4. The molecular weight excluding hydrogens is 284 g/mol. The van der Waals surface area contributed by atoms with Gasteiger partial charge in [-0.2, -0.15) is 0 Å². The molecule has 0 aliphatic heterocycles. The van der Waals surface area contributed by atoms with Gasteiger partial charge in [-0.3, -0.25) is 13.9 Å². The Labute approximate surface area is 117 Å². The largest absolute Gasteiger partial charge is 0.475 e. The average Bonchev–Trinajstić information content (AvgIpc) is 2.88. The molecule has 2 heterocycles. The number of rotatable bonds is 4. The van der Waals surface area contributed by atoms with Gasteiger partial charge in [-0.25, -0.2) is 9.59 Å². The first-order chi connectivity index (χ1) is 9.40. The Morgan fingerprint density at radius 2 is 2.00 bits per heavy atom. The number of furan rings is 1. The van der Waals surface area contributed by atoms with Crippen LogP contribution in [-0.2, 0) is 19.8 Å². The fraction of sp³-hybridized carbons (Fsp3) is 0.250. The highest BCUT2D eigenvalue weighted by atomic mass is 32.2. The molecule has 0 radical (unpaired) electrons.